The molecule has 3 unspecified atom stereocenters. The first-order valence-corrected chi connectivity index (χ1v) is 33.9. The first kappa shape index (κ1) is 75.2. The van der Waals surface area contributed by atoms with Gasteiger partial charge >= 0.3 is 5.97 Å². The number of phosphoric ester groups is 1. The molecule has 9 nitrogen and oxygen atoms in total. The quantitative estimate of drug-likeness (QED) is 0.0212. The average molecular weight is 1110 g/mol. The maximum atomic E-state index is 13.5. The second kappa shape index (κ2) is 57.4. The molecule has 0 aliphatic rings. The van der Waals surface area contributed by atoms with Gasteiger partial charge in [0.25, 0.3) is 7.82 Å². The summed E-state index contributed by atoms with van der Waals surface area (Å²) in [5, 5.41) is 3.03. The average Bonchev–Trinajstić information content (AvgIpc) is 3.41. The van der Waals surface area contributed by atoms with Crippen LogP contribution in [0.4, 0.5) is 0 Å². The molecule has 0 aliphatic heterocycles. The van der Waals surface area contributed by atoms with Crippen LogP contribution in [0.2, 0.25) is 0 Å². The van der Waals surface area contributed by atoms with E-state index in [0.717, 1.165) is 116 Å². The molecular weight excluding hydrogens is 988 g/mol. The SMILES string of the molecule is CC/C=C\C/C=C\C/C=C\C/C=C\C/C=C\C/C=C\CCCCCCCCC(=O)OC(/C=C/CCCCCCCCCCC)C(COP(=O)([O-])OCC[N+](C)(C)C)NC(=O)CCCCCCCCCCCCCCCCCC. The number of likely N-dealkylation sites (N-methyl/N-ethyl adjacent to an activating group) is 1. The van der Waals surface area contributed by atoms with Gasteiger partial charge in [0.15, 0.2) is 0 Å². The lowest BCUT2D eigenvalue weighted by Gasteiger charge is -2.30. The summed E-state index contributed by atoms with van der Waals surface area (Å²) in [4.78, 5) is 40.0. The third-order valence-corrected chi connectivity index (χ3v) is 15.1. The van der Waals surface area contributed by atoms with Crippen LogP contribution in [0.3, 0.4) is 0 Å². The Hall–Kier alpha value is -2.81. The molecule has 3 atom stereocenters. The van der Waals surface area contributed by atoms with Crippen molar-refractivity contribution >= 4 is 19.7 Å². The second-order valence-corrected chi connectivity index (χ2v) is 24.3. The van der Waals surface area contributed by atoms with E-state index >= 15 is 0 Å². The largest absolute Gasteiger partial charge is 0.756 e. The van der Waals surface area contributed by atoms with Crippen molar-refractivity contribution in [1.29, 1.82) is 0 Å². The van der Waals surface area contributed by atoms with E-state index in [9.17, 15) is 19.0 Å². The van der Waals surface area contributed by atoms with E-state index in [-0.39, 0.29) is 24.9 Å². The molecule has 0 radical (unpaired) electrons. The first-order valence-electron chi connectivity index (χ1n) is 32.4. The fourth-order valence-corrected chi connectivity index (χ4v) is 9.84. The Labute approximate surface area is 482 Å². The van der Waals surface area contributed by atoms with Gasteiger partial charge in [0.05, 0.1) is 33.8 Å². The Morgan fingerprint density at radius 3 is 1.23 bits per heavy atom. The lowest BCUT2D eigenvalue weighted by Crippen LogP contribution is -2.47. The van der Waals surface area contributed by atoms with Gasteiger partial charge in [-0.1, -0.05) is 273 Å². The molecular formula is C68H123N2O7P. The van der Waals surface area contributed by atoms with Crippen LogP contribution in [-0.2, 0) is 27.9 Å². The molecule has 0 aromatic carbocycles. The topological polar surface area (TPSA) is 114 Å². The zero-order valence-corrected chi connectivity index (χ0v) is 52.5. The highest BCUT2D eigenvalue weighted by Crippen LogP contribution is 2.38. The predicted molar refractivity (Wildman–Crippen MR) is 335 cm³/mol. The minimum Gasteiger partial charge on any atom is -0.756 e. The standard InChI is InChI=1S/C68H123N2O7P/c1-7-10-13-16-19-22-25-27-29-31-32-33-34-35-36-37-38-39-41-43-46-49-52-55-58-61-68(72)77-66(59-56-53-50-47-44-24-21-18-15-12-9-3)65(64-76-78(73,74)75-63-62-70(4,5)6)69-67(71)60-57-54-51-48-45-42-40-30-28-26-23-20-17-14-11-8-2/h10,13,19,22,27,29,32-33,35-36,38-39,56,59,65-66H,7-9,11-12,14-18,20-21,23-26,28,30-31,34,37,40-55,57-58,60-64H2,1-6H3,(H-,69,71,73,74)/b13-10-,22-19-,29-27-,33-32-,36-35-,39-38-,59-56+. The Bertz CT molecular complexity index is 1610. The Morgan fingerprint density at radius 1 is 0.462 bits per heavy atom. The number of hydrogen-bond acceptors (Lipinski definition) is 7. The number of ether oxygens (including phenoxy) is 1. The van der Waals surface area contributed by atoms with E-state index in [1.54, 1.807) is 0 Å². The monoisotopic (exact) mass is 1110 g/mol. The summed E-state index contributed by atoms with van der Waals surface area (Å²) in [5.41, 5.74) is 0. The van der Waals surface area contributed by atoms with E-state index < -0.39 is 26.6 Å². The molecule has 0 fully saturated rings. The minimum absolute atomic E-state index is 0.0267. The first-order chi connectivity index (χ1) is 37.9. The van der Waals surface area contributed by atoms with Gasteiger partial charge in [-0.3, -0.25) is 14.2 Å². The molecule has 0 spiro atoms. The van der Waals surface area contributed by atoms with Gasteiger partial charge in [-0.05, 0) is 83.1 Å². The summed E-state index contributed by atoms with van der Waals surface area (Å²) < 4.78 is 30.3. The van der Waals surface area contributed by atoms with Gasteiger partial charge in [0.2, 0.25) is 5.91 Å². The highest BCUT2D eigenvalue weighted by molar-refractivity contribution is 7.45. The highest BCUT2D eigenvalue weighted by Gasteiger charge is 2.27. The molecule has 78 heavy (non-hydrogen) atoms. The van der Waals surface area contributed by atoms with Crippen molar-refractivity contribution in [1.82, 2.24) is 5.32 Å². The number of hydrogen-bond donors (Lipinski definition) is 1. The highest BCUT2D eigenvalue weighted by atomic mass is 31.2. The summed E-state index contributed by atoms with van der Waals surface area (Å²) in [5.74, 6) is -0.554. The van der Waals surface area contributed by atoms with Crippen LogP contribution >= 0.6 is 7.82 Å². The number of amides is 1. The van der Waals surface area contributed by atoms with Crippen LogP contribution < -0.4 is 10.2 Å². The third kappa shape index (κ3) is 57.9. The molecule has 0 bridgehead atoms. The molecule has 1 amide bonds. The van der Waals surface area contributed by atoms with Gasteiger partial charge in [-0.2, -0.15) is 0 Å². The Kier molecular flexibility index (Phi) is 55.4. The zero-order valence-electron chi connectivity index (χ0n) is 51.6. The van der Waals surface area contributed by atoms with Crippen LogP contribution in [0.5, 0.6) is 0 Å². The number of unbranched alkanes of at least 4 members (excludes halogenated alkanes) is 30. The normalized spacial score (nSPS) is 14.2. The van der Waals surface area contributed by atoms with Crippen molar-refractivity contribution in [3.63, 3.8) is 0 Å². The van der Waals surface area contributed by atoms with E-state index in [4.69, 9.17) is 13.8 Å². The van der Waals surface area contributed by atoms with Crippen molar-refractivity contribution in [3.05, 3.63) is 85.1 Å². The smallest absolute Gasteiger partial charge is 0.306 e. The van der Waals surface area contributed by atoms with Gasteiger partial charge in [-0.15, -0.1) is 0 Å². The van der Waals surface area contributed by atoms with E-state index in [2.05, 4.69) is 99.0 Å². The Morgan fingerprint density at radius 2 is 0.821 bits per heavy atom. The van der Waals surface area contributed by atoms with Crippen LogP contribution in [0.1, 0.15) is 284 Å². The third-order valence-electron chi connectivity index (χ3n) is 14.1. The van der Waals surface area contributed by atoms with E-state index in [1.165, 1.54) is 128 Å². The van der Waals surface area contributed by atoms with Gasteiger partial charge in [0, 0.05) is 12.8 Å². The summed E-state index contributed by atoms with van der Waals surface area (Å²) in [6.45, 7) is 6.73. The molecule has 0 heterocycles. The number of phosphoric acid groups is 1. The van der Waals surface area contributed by atoms with Crippen molar-refractivity contribution in [3.8, 4) is 0 Å². The van der Waals surface area contributed by atoms with Gasteiger partial charge in [0.1, 0.15) is 19.3 Å². The molecule has 1 N–H and O–H groups in total. The minimum atomic E-state index is -4.70. The number of rotatable bonds is 58. The van der Waals surface area contributed by atoms with E-state index in [0.29, 0.717) is 23.9 Å². The summed E-state index contributed by atoms with van der Waals surface area (Å²) in [6.07, 6.45) is 75.5. The van der Waals surface area contributed by atoms with Crippen LogP contribution in [-0.4, -0.2) is 69.4 Å². The summed E-state index contributed by atoms with van der Waals surface area (Å²) >= 11 is 0. The molecule has 452 valence electrons. The lowest BCUT2D eigenvalue weighted by molar-refractivity contribution is -0.870. The number of nitrogens with zero attached hydrogens (tertiary/aromatic N) is 1. The molecule has 10 heteroatoms. The molecule has 0 saturated heterocycles. The molecule has 0 aromatic rings. The number of esters is 1. The molecule has 0 saturated carbocycles. The molecule has 0 rings (SSSR count). The fourth-order valence-electron chi connectivity index (χ4n) is 9.11. The second-order valence-electron chi connectivity index (χ2n) is 22.9. The van der Waals surface area contributed by atoms with Crippen LogP contribution in [0.15, 0.2) is 85.1 Å². The summed E-state index contributed by atoms with van der Waals surface area (Å²) in [7, 11) is 1.17. The van der Waals surface area contributed by atoms with Crippen LogP contribution in [0, 0.1) is 0 Å². The summed E-state index contributed by atoms with van der Waals surface area (Å²) in [6, 6.07) is -0.896. The Balaban J connectivity index is 5.16. The fraction of sp³-hybridized carbons (Fsp3) is 0.765. The van der Waals surface area contributed by atoms with Gasteiger partial charge in [-0.25, -0.2) is 0 Å². The van der Waals surface area contributed by atoms with Crippen molar-refractivity contribution in [2.75, 3.05) is 40.9 Å². The van der Waals surface area contributed by atoms with E-state index in [1.807, 2.05) is 33.3 Å². The van der Waals surface area contributed by atoms with Crippen molar-refractivity contribution in [2.45, 2.75) is 296 Å². The van der Waals surface area contributed by atoms with Crippen LogP contribution in [0.25, 0.3) is 0 Å². The maximum absolute atomic E-state index is 13.5. The number of nitrogens with one attached hydrogen (secondary N) is 1. The molecule has 0 aromatic heterocycles. The van der Waals surface area contributed by atoms with Gasteiger partial charge < -0.3 is 28.5 Å². The predicted octanol–water partition coefficient (Wildman–Crippen LogP) is 19.5. The number of carbonyl (C=O) groups is 2. The number of quaternary nitrogens is 1. The molecule has 0 aliphatic carbocycles. The lowest BCUT2D eigenvalue weighted by atomic mass is 10.0. The van der Waals surface area contributed by atoms with Crippen molar-refractivity contribution in [2.24, 2.45) is 0 Å². The number of allylic oxidation sites excluding steroid dienone is 13. The maximum Gasteiger partial charge on any atom is 0.306 e. The number of carbonyl (C=O) groups excluding carboxylic acids is 2. The van der Waals surface area contributed by atoms with Crippen molar-refractivity contribution < 1.29 is 37.3 Å². The zero-order chi connectivity index (χ0) is 57.2.